The van der Waals surface area contributed by atoms with Crippen LogP contribution in [0.1, 0.15) is 26.7 Å². The lowest BCUT2D eigenvalue weighted by atomic mass is 9.83. The van der Waals surface area contributed by atoms with E-state index in [-0.39, 0.29) is 5.92 Å². The fourth-order valence-electron chi connectivity index (χ4n) is 2.62. The summed E-state index contributed by atoms with van der Waals surface area (Å²) in [6.45, 7) is 5.21. The van der Waals surface area contributed by atoms with Gasteiger partial charge in [-0.05, 0) is 30.9 Å². The Morgan fingerprint density at radius 1 is 1.53 bits per heavy atom. The van der Waals surface area contributed by atoms with Crippen molar-refractivity contribution in [2.75, 3.05) is 11.4 Å². The zero-order chi connectivity index (χ0) is 12.3. The van der Waals surface area contributed by atoms with Gasteiger partial charge in [0, 0.05) is 18.8 Å². The summed E-state index contributed by atoms with van der Waals surface area (Å²) in [5, 5.41) is 9.19. The zero-order valence-corrected chi connectivity index (χ0v) is 10.5. The van der Waals surface area contributed by atoms with Gasteiger partial charge in [-0.15, -0.1) is 0 Å². The first kappa shape index (κ1) is 11.9. The van der Waals surface area contributed by atoms with Crippen molar-refractivity contribution in [2.24, 2.45) is 11.8 Å². The lowest BCUT2D eigenvalue weighted by Gasteiger charge is -2.41. The molecule has 0 radical (unpaired) electrons. The molecular formula is C14H19N3. The maximum absolute atomic E-state index is 9.19. The van der Waals surface area contributed by atoms with E-state index in [0.29, 0.717) is 12.0 Å². The van der Waals surface area contributed by atoms with E-state index < -0.39 is 0 Å². The van der Waals surface area contributed by atoms with Crippen LogP contribution in [0, 0.1) is 23.2 Å². The molecule has 2 heterocycles. The van der Waals surface area contributed by atoms with Crippen molar-refractivity contribution in [1.82, 2.24) is 4.98 Å². The lowest BCUT2D eigenvalue weighted by Crippen LogP contribution is -2.46. The number of rotatable bonds is 2. The van der Waals surface area contributed by atoms with Crippen LogP contribution in [0.5, 0.6) is 0 Å². The molecule has 1 fully saturated rings. The molecule has 2 rings (SSSR count). The molecule has 0 saturated carbocycles. The Bertz CT molecular complexity index is 396. The molecule has 17 heavy (non-hydrogen) atoms. The summed E-state index contributed by atoms with van der Waals surface area (Å²) in [5.41, 5.74) is 0. The van der Waals surface area contributed by atoms with Gasteiger partial charge in [0.15, 0.2) is 0 Å². The van der Waals surface area contributed by atoms with E-state index in [4.69, 9.17) is 0 Å². The summed E-state index contributed by atoms with van der Waals surface area (Å²) in [6, 6.07) is 8.92. The van der Waals surface area contributed by atoms with E-state index >= 15 is 0 Å². The second kappa shape index (κ2) is 5.18. The van der Waals surface area contributed by atoms with Crippen molar-refractivity contribution in [3.05, 3.63) is 24.4 Å². The highest BCUT2D eigenvalue weighted by Crippen LogP contribution is 2.31. The SMILES string of the molecule is CCC1CC(C)C(C#N)CN1c1ccccn1. The van der Waals surface area contributed by atoms with Crippen molar-refractivity contribution in [3.8, 4) is 6.07 Å². The number of hydrogen-bond donors (Lipinski definition) is 0. The van der Waals surface area contributed by atoms with Gasteiger partial charge in [0.2, 0.25) is 0 Å². The van der Waals surface area contributed by atoms with Gasteiger partial charge in [0.1, 0.15) is 5.82 Å². The van der Waals surface area contributed by atoms with Crippen LogP contribution >= 0.6 is 0 Å². The van der Waals surface area contributed by atoms with E-state index in [2.05, 4.69) is 29.8 Å². The van der Waals surface area contributed by atoms with Crippen LogP contribution in [0.4, 0.5) is 5.82 Å². The number of nitrogens with zero attached hydrogens (tertiary/aromatic N) is 3. The number of piperidine rings is 1. The van der Waals surface area contributed by atoms with E-state index in [9.17, 15) is 5.26 Å². The Labute approximate surface area is 103 Å². The number of hydrogen-bond acceptors (Lipinski definition) is 3. The first-order valence-electron chi connectivity index (χ1n) is 6.33. The maximum atomic E-state index is 9.19. The Balaban J connectivity index is 2.22. The molecule has 3 unspecified atom stereocenters. The molecule has 0 spiro atoms. The van der Waals surface area contributed by atoms with Gasteiger partial charge in [-0.3, -0.25) is 0 Å². The molecular weight excluding hydrogens is 210 g/mol. The summed E-state index contributed by atoms with van der Waals surface area (Å²) < 4.78 is 0. The molecule has 0 N–H and O–H groups in total. The summed E-state index contributed by atoms with van der Waals surface area (Å²) in [7, 11) is 0. The summed E-state index contributed by atoms with van der Waals surface area (Å²) >= 11 is 0. The van der Waals surface area contributed by atoms with Crippen LogP contribution in [-0.4, -0.2) is 17.6 Å². The molecule has 1 saturated heterocycles. The molecule has 90 valence electrons. The van der Waals surface area contributed by atoms with Gasteiger partial charge in [0.25, 0.3) is 0 Å². The van der Waals surface area contributed by atoms with Crippen molar-refractivity contribution >= 4 is 5.82 Å². The Morgan fingerprint density at radius 2 is 2.35 bits per heavy atom. The van der Waals surface area contributed by atoms with Crippen molar-refractivity contribution < 1.29 is 0 Å². The first-order chi connectivity index (χ1) is 8.26. The van der Waals surface area contributed by atoms with Gasteiger partial charge in [-0.1, -0.05) is 19.9 Å². The lowest BCUT2D eigenvalue weighted by molar-refractivity contribution is 0.300. The van der Waals surface area contributed by atoms with Gasteiger partial charge in [-0.2, -0.15) is 5.26 Å². The highest BCUT2D eigenvalue weighted by molar-refractivity contribution is 5.40. The summed E-state index contributed by atoms with van der Waals surface area (Å²) in [6.07, 6.45) is 4.02. The average molecular weight is 229 g/mol. The molecule has 1 aliphatic rings. The van der Waals surface area contributed by atoms with Gasteiger partial charge < -0.3 is 4.90 Å². The molecule has 0 amide bonds. The van der Waals surface area contributed by atoms with Gasteiger partial charge in [-0.25, -0.2) is 4.98 Å². The van der Waals surface area contributed by atoms with Crippen molar-refractivity contribution in [2.45, 2.75) is 32.7 Å². The molecule has 3 atom stereocenters. The number of pyridine rings is 1. The normalized spacial score (nSPS) is 28.8. The molecule has 1 aromatic rings. The quantitative estimate of drug-likeness (QED) is 0.783. The largest absolute Gasteiger partial charge is 0.352 e. The third kappa shape index (κ3) is 2.41. The summed E-state index contributed by atoms with van der Waals surface area (Å²) in [4.78, 5) is 6.71. The number of nitriles is 1. The molecule has 0 bridgehead atoms. The molecule has 0 aromatic carbocycles. The molecule has 3 nitrogen and oxygen atoms in total. The van der Waals surface area contributed by atoms with E-state index in [1.807, 2.05) is 24.4 Å². The smallest absolute Gasteiger partial charge is 0.128 e. The van der Waals surface area contributed by atoms with Crippen LogP contribution in [0.15, 0.2) is 24.4 Å². The number of aromatic nitrogens is 1. The fraction of sp³-hybridized carbons (Fsp3) is 0.571. The van der Waals surface area contributed by atoms with Crippen LogP contribution in [-0.2, 0) is 0 Å². The highest BCUT2D eigenvalue weighted by Gasteiger charge is 2.32. The van der Waals surface area contributed by atoms with Gasteiger partial charge in [0.05, 0.1) is 12.0 Å². The Kier molecular flexibility index (Phi) is 3.63. The van der Waals surface area contributed by atoms with E-state index in [0.717, 1.165) is 25.2 Å². The third-order valence-corrected chi connectivity index (χ3v) is 3.75. The summed E-state index contributed by atoms with van der Waals surface area (Å²) in [5.74, 6) is 1.62. The maximum Gasteiger partial charge on any atom is 0.128 e. The van der Waals surface area contributed by atoms with Crippen molar-refractivity contribution in [3.63, 3.8) is 0 Å². The monoisotopic (exact) mass is 229 g/mol. The minimum Gasteiger partial charge on any atom is -0.352 e. The van der Waals surface area contributed by atoms with Crippen LogP contribution in [0.25, 0.3) is 0 Å². The molecule has 1 aliphatic heterocycles. The zero-order valence-electron chi connectivity index (χ0n) is 10.5. The average Bonchev–Trinajstić information content (AvgIpc) is 2.39. The third-order valence-electron chi connectivity index (χ3n) is 3.75. The van der Waals surface area contributed by atoms with Crippen LogP contribution in [0.2, 0.25) is 0 Å². The second-order valence-corrected chi connectivity index (χ2v) is 4.85. The fourth-order valence-corrected chi connectivity index (χ4v) is 2.62. The van der Waals surface area contributed by atoms with Crippen LogP contribution in [0.3, 0.4) is 0 Å². The van der Waals surface area contributed by atoms with E-state index in [1.54, 1.807) is 0 Å². The molecule has 1 aromatic heterocycles. The van der Waals surface area contributed by atoms with Crippen molar-refractivity contribution in [1.29, 1.82) is 5.26 Å². The Hall–Kier alpha value is -1.56. The molecule has 0 aliphatic carbocycles. The Morgan fingerprint density at radius 3 is 2.94 bits per heavy atom. The van der Waals surface area contributed by atoms with Crippen LogP contribution < -0.4 is 4.90 Å². The van der Waals surface area contributed by atoms with Gasteiger partial charge >= 0.3 is 0 Å². The molecule has 3 heteroatoms. The highest BCUT2D eigenvalue weighted by atomic mass is 15.2. The predicted octanol–water partition coefficient (Wildman–Crippen LogP) is 2.85. The topological polar surface area (TPSA) is 39.9 Å². The van der Waals surface area contributed by atoms with E-state index in [1.165, 1.54) is 0 Å². The first-order valence-corrected chi connectivity index (χ1v) is 6.33. The predicted molar refractivity (Wildman–Crippen MR) is 68.5 cm³/mol. The number of anilines is 1. The second-order valence-electron chi connectivity index (χ2n) is 4.85. The standard InChI is InChI=1S/C14H19N3/c1-3-13-8-11(2)12(9-15)10-17(13)14-6-4-5-7-16-14/h4-7,11-13H,3,8,10H2,1-2H3. The minimum atomic E-state index is 0.125. The minimum absolute atomic E-state index is 0.125.